The third kappa shape index (κ3) is 3.00. The van der Waals surface area contributed by atoms with Gasteiger partial charge in [-0.15, -0.1) is 11.8 Å². The molecule has 1 aromatic heterocycles. The molecule has 0 N–H and O–H groups in total. The van der Waals surface area contributed by atoms with E-state index in [1.807, 2.05) is 6.07 Å². The molecule has 0 saturated heterocycles. The number of hydrogen-bond donors (Lipinski definition) is 0. The molecule has 0 amide bonds. The van der Waals surface area contributed by atoms with Gasteiger partial charge in [0.05, 0.1) is 9.82 Å². The molecular formula is C12H9ClN2O2S. The molecule has 2 rings (SSSR count). The van der Waals surface area contributed by atoms with E-state index in [0.29, 0.717) is 15.8 Å². The normalized spacial score (nSPS) is 10.3. The number of halogens is 1. The van der Waals surface area contributed by atoms with Crippen LogP contribution in [-0.4, -0.2) is 9.91 Å². The molecule has 4 nitrogen and oxygen atoms in total. The number of aromatic nitrogens is 1. The molecule has 0 aliphatic heterocycles. The average Bonchev–Trinajstić information content (AvgIpc) is 2.38. The predicted octanol–water partition coefficient (Wildman–Crippen LogP) is 3.94. The molecular weight excluding hydrogens is 272 g/mol. The highest BCUT2D eigenvalue weighted by molar-refractivity contribution is 7.98. The average molecular weight is 281 g/mol. The van der Waals surface area contributed by atoms with E-state index in [2.05, 4.69) is 4.98 Å². The summed E-state index contributed by atoms with van der Waals surface area (Å²) in [5.41, 5.74) is 0.977. The third-order valence-corrected chi connectivity index (χ3v) is 3.73. The van der Waals surface area contributed by atoms with Gasteiger partial charge in [0, 0.05) is 18.0 Å². The van der Waals surface area contributed by atoms with Crippen molar-refractivity contribution in [1.29, 1.82) is 0 Å². The molecule has 0 fully saturated rings. The molecule has 6 heteroatoms. The fourth-order valence-electron chi connectivity index (χ4n) is 1.41. The van der Waals surface area contributed by atoms with Gasteiger partial charge in [0.2, 0.25) is 0 Å². The highest BCUT2D eigenvalue weighted by atomic mass is 35.5. The molecule has 92 valence electrons. The van der Waals surface area contributed by atoms with Crippen LogP contribution in [-0.2, 0) is 5.75 Å². The van der Waals surface area contributed by atoms with Crippen LogP contribution in [0.25, 0.3) is 0 Å². The molecule has 0 saturated carbocycles. The lowest BCUT2D eigenvalue weighted by Crippen LogP contribution is -1.91. The molecule has 2 aromatic rings. The van der Waals surface area contributed by atoms with Gasteiger partial charge >= 0.3 is 0 Å². The van der Waals surface area contributed by atoms with Crippen LogP contribution in [0.2, 0.25) is 5.15 Å². The van der Waals surface area contributed by atoms with Crippen LogP contribution in [0.15, 0.2) is 47.5 Å². The Bertz CT molecular complexity index is 578. The van der Waals surface area contributed by atoms with Crippen molar-refractivity contribution in [3.05, 3.63) is 63.4 Å². The Hall–Kier alpha value is -1.59. The van der Waals surface area contributed by atoms with Gasteiger partial charge in [-0.3, -0.25) is 10.1 Å². The van der Waals surface area contributed by atoms with Gasteiger partial charge in [-0.05, 0) is 17.7 Å². The Kier molecular flexibility index (Phi) is 4.17. The standard InChI is InChI=1S/C12H9ClN2O2S/c13-12-9(4-3-7-14-12)8-18-11-6-2-1-5-10(11)15(16)17/h1-7H,8H2. The predicted molar refractivity (Wildman–Crippen MR) is 71.9 cm³/mol. The van der Waals surface area contributed by atoms with Crippen molar-refractivity contribution in [2.24, 2.45) is 0 Å². The largest absolute Gasteiger partial charge is 0.282 e. The third-order valence-electron chi connectivity index (χ3n) is 2.28. The molecule has 1 heterocycles. The minimum atomic E-state index is -0.382. The Morgan fingerprint density at radius 1 is 1.28 bits per heavy atom. The van der Waals surface area contributed by atoms with Gasteiger partial charge in [0.15, 0.2) is 0 Å². The van der Waals surface area contributed by atoms with E-state index in [1.165, 1.54) is 17.8 Å². The first kappa shape index (κ1) is 12.9. The lowest BCUT2D eigenvalue weighted by molar-refractivity contribution is -0.387. The maximum Gasteiger partial charge on any atom is 0.282 e. The van der Waals surface area contributed by atoms with Crippen LogP contribution in [0, 0.1) is 10.1 Å². The summed E-state index contributed by atoms with van der Waals surface area (Å²) in [4.78, 5) is 15.1. The summed E-state index contributed by atoms with van der Waals surface area (Å²) < 4.78 is 0. The molecule has 0 unspecified atom stereocenters. The fraction of sp³-hybridized carbons (Fsp3) is 0.0833. The van der Waals surface area contributed by atoms with Crippen molar-refractivity contribution in [2.45, 2.75) is 10.6 Å². The van der Waals surface area contributed by atoms with E-state index in [9.17, 15) is 10.1 Å². The fourth-order valence-corrected chi connectivity index (χ4v) is 2.69. The Morgan fingerprint density at radius 3 is 2.78 bits per heavy atom. The van der Waals surface area contributed by atoms with Gasteiger partial charge in [0.1, 0.15) is 5.15 Å². The first-order chi connectivity index (χ1) is 8.68. The SMILES string of the molecule is O=[N+]([O-])c1ccccc1SCc1cccnc1Cl. The summed E-state index contributed by atoms with van der Waals surface area (Å²) in [5, 5.41) is 11.3. The maximum absolute atomic E-state index is 10.9. The lowest BCUT2D eigenvalue weighted by atomic mass is 10.3. The van der Waals surface area contributed by atoms with E-state index in [-0.39, 0.29) is 10.6 Å². The van der Waals surface area contributed by atoms with Gasteiger partial charge in [0.25, 0.3) is 5.69 Å². The van der Waals surface area contributed by atoms with E-state index >= 15 is 0 Å². The van der Waals surface area contributed by atoms with Crippen LogP contribution in [0.5, 0.6) is 0 Å². The van der Waals surface area contributed by atoms with E-state index in [0.717, 1.165) is 5.56 Å². The van der Waals surface area contributed by atoms with Crippen molar-refractivity contribution in [3.8, 4) is 0 Å². The number of pyridine rings is 1. The smallest absolute Gasteiger partial charge is 0.258 e. The number of benzene rings is 1. The first-order valence-electron chi connectivity index (χ1n) is 5.14. The van der Waals surface area contributed by atoms with E-state index < -0.39 is 0 Å². The number of hydrogen-bond acceptors (Lipinski definition) is 4. The summed E-state index contributed by atoms with van der Waals surface area (Å²) >= 11 is 7.31. The number of nitro benzene ring substituents is 1. The second-order valence-electron chi connectivity index (χ2n) is 3.47. The van der Waals surface area contributed by atoms with Crippen molar-refractivity contribution >= 4 is 29.1 Å². The van der Waals surface area contributed by atoms with Crippen molar-refractivity contribution in [2.75, 3.05) is 0 Å². The molecule has 1 aromatic carbocycles. The molecule has 0 aliphatic rings. The zero-order chi connectivity index (χ0) is 13.0. The summed E-state index contributed by atoms with van der Waals surface area (Å²) in [6, 6.07) is 10.3. The topological polar surface area (TPSA) is 56.0 Å². The number of nitrogens with zero attached hydrogens (tertiary/aromatic N) is 2. The summed E-state index contributed by atoms with van der Waals surface area (Å²) in [7, 11) is 0. The molecule has 0 atom stereocenters. The molecule has 0 aliphatic carbocycles. The Labute approximate surface area is 113 Å². The first-order valence-corrected chi connectivity index (χ1v) is 6.50. The maximum atomic E-state index is 10.9. The minimum Gasteiger partial charge on any atom is -0.258 e. The quantitative estimate of drug-likeness (QED) is 0.368. The van der Waals surface area contributed by atoms with Crippen LogP contribution in [0.1, 0.15) is 5.56 Å². The van der Waals surface area contributed by atoms with Crippen molar-refractivity contribution in [1.82, 2.24) is 4.98 Å². The summed E-state index contributed by atoms with van der Waals surface area (Å²) in [6.07, 6.45) is 1.61. The van der Waals surface area contributed by atoms with Crippen LogP contribution < -0.4 is 0 Å². The second-order valence-corrected chi connectivity index (χ2v) is 4.84. The van der Waals surface area contributed by atoms with E-state index in [4.69, 9.17) is 11.6 Å². The van der Waals surface area contributed by atoms with Gasteiger partial charge < -0.3 is 0 Å². The van der Waals surface area contributed by atoms with Crippen molar-refractivity contribution in [3.63, 3.8) is 0 Å². The van der Waals surface area contributed by atoms with Gasteiger partial charge in [-0.1, -0.05) is 29.8 Å². The monoisotopic (exact) mass is 280 g/mol. The van der Waals surface area contributed by atoms with Crippen LogP contribution >= 0.6 is 23.4 Å². The molecule has 18 heavy (non-hydrogen) atoms. The summed E-state index contributed by atoms with van der Waals surface area (Å²) in [5.74, 6) is 0.553. The Balaban J connectivity index is 2.16. The summed E-state index contributed by atoms with van der Waals surface area (Å²) in [6.45, 7) is 0. The highest BCUT2D eigenvalue weighted by Gasteiger charge is 2.13. The molecule has 0 spiro atoms. The number of thioether (sulfide) groups is 1. The lowest BCUT2D eigenvalue weighted by Gasteiger charge is -2.04. The van der Waals surface area contributed by atoms with Gasteiger partial charge in [-0.25, -0.2) is 4.98 Å². The molecule has 0 radical (unpaired) electrons. The highest BCUT2D eigenvalue weighted by Crippen LogP contribution is 2.32. The van der Waals surface area contributed by atoms with Crippen molar-refractivity contribution < 1.29 is 4.92 Å². The Morgan fingerprint density at radius 2 is 2.06 bits per heavy atom. The zero-order valence-electron chi connectivity index (χ0n) is 9.25. The molecule has 0 bridgehead atoms. The van der Waals surface area contributed by atoms with E-state index in [1.54, 1.807) is 30.5 Å². The number of rotatable bonds is 4. The number of para-hydroxylation sites is 1. The van der Waals surface area contributed by atoms with Crippen LogP contribution in [0.3, 0.4) is 0 Å². The second kappa shape index (κ2) is 5.84. The minimum absolute atomic E-state index is 0.113. The van der Waals surface area contributed by atoms with Crippen LogP contribution in [0.4, 0.5) is 5.69 Å². The zero-order valence-corrected chi connectivity index (χ0v) is 10.8. The number of nitro groups is 1. The van der Waals surface area contributed by atoms with Gasteiger partial charge in [-0.2, -0.15) is 0 Å².